The molecule has 1 N–H and O–H groups in total. The molecule has 1 fully saturated rings. The number of likely N-dealkylation sites (tertiary alicyclic amines) is 1. The minimum Gasteiger partial charge on any atom is -0.496 e. The van der Waals surface area contributed by atoms with E-state index in [-0.39, 0.29) is 23.7 Å². The number of amides is 1. The summed E-state index contributed by atoms with van der Waals surface area (Å²) in [5.74, 6) is 0.671. The number of hydrogen-bond donors (Lipinski definition) is 1. The Morgan fingerprint density at radius 2 is 2.00 bits per heavy atom. The first-order valence-corrected chi connectivity index (χ1v) is 10.9. The monoisotopic (exact) mass is 432 g/mol. The Labute approximate surface area is 183 Å². The molecule has 1 atom stereocenters. The summed E-state index contributed by atoms with van der Waals surface area (Å²) < 4.78 is 19.4. The molecule has 2 aromatic carbocycles. The molecule has 1 saturated heterocycles. The molecule has 3 rings (SSSR count). The van der Waals surface area contributed by atoms with Crippen LogP contribution in [0.15, 0.2) is 36.4 Å². The average molecular weight is 433 g/mol. The van der Waals surface area contributed by atoms with Crippen molar-refractivity contribution in [3.8, 4) is 5.75 Å². The van der Waals surface area contributed by atoms with Crippen LogP contribution in [0.25, 0.3) is 0 Å². The Bertz CT molecular complexity index is 882. The van der Waals surface area contributed by atoms with Crippen molar-refractivity contribution >= 4 is 17.5 Å². The average Bonchev–Trinajstić information content (AvgIpc) is 2.74. The van der Waals surface area contributed by atoms with Crippen LogP contribution in [0.5, 0.6) is 5.75 Å². The number of carbonyl (C=O) groups excluding carboxylic acids is 1. The van der Waals surface area contributed by atoms with Crippen LogP contribution in [0, 0.1) is 18.7 Å². The SMILES string of the molecule is CC[C@H](NC(=O)C1CCN(Cc2ccc(Cl)cc2F)CC1)c1ccc(OC)c(C)c1. The molecule has 0 radical (unpaired) electrons. The van der Waals surface area contributed by atoms with Gasteiger partial charge in [-0.2, -0.15) is 0 Å². The first-order valence-electron chi connectivity index (χ1n) is 10.5. The molecule has 1 heterocycles. The molecule has 0 bridgehead atoms. The van der Waals surface area contributed by atoms with Crippen molar-refractivity contribution in [2.24, 2.45) is 5.92 Å². The smallest absolute Gasteiger partial charge is 0.223 e. The van der Waals surface area contributed by atoms with Gasteiger partial charge >= 0.3 is 0 Å². The van der Waals surface area contributed by atoms with E-state index >= 15 is 0 Å². The summed E-state index contributed by atoms with van der Waals surface area (Å²) in [6.07, 6.45) is 2.38. The summed E-state index contributed by atoms with van der Waals surface area (Å²) in [4.78, 5) is 15.1. The number of carbonyl (C=O) groups is 1. The molecule has 1 amide bonds. The zero-order chi connectivity index (χ0) is 21.7. The molecule has 162 valence electrons. The van der Waals surface area contributed by atoms with Crippen LogP contribution in [0.1, 0.15) is 48.9 Å². The van der Waals surface area contributed by atoms with E-state index in [2.05, 4.69) is 23.2 Å². The standard InChI is InChI=1S/C24H30ClFN2O2/c1-4-22(18-6-8-23(30-3)16(2)13-18)27-24(29)17-9-11-28(12-10-17)15-19-5-7-20(25)14-21(19)26/h5-8,13-14,17,22H,4,9-12,15H2,1-3H3,(H,27,29)/t22-/m0/s1. The first kappa shape index (κ1) is 22.6. The summed E-state index contributed by atoms with van der Waals surface area (Å²) in [6, 6.07) is 10.8. The van der Waals surface area contributed by atoms with Gasteiger partial charge in [-0.15, -0.1) is 0 Å². The van der Waals surface area contributed by atoms with Gasteiger partial charge in [0.1, 0.15) is 11.6 Å². The van der Waals surface area contributed by atoms with Gasteiger partial charge in [0.2, 0.25) is 5.91 Å². The van der Waals surface area contributed by atoms with E-state index in [9.17, 15) is 9.18 Å². The lowest BCUT2D eigenvalue weighted by molar-refractivity contribution is -0.127. The molecule has 30 heavy (non-hydrogen) atoms. The van der Waals surface area contributed by atoms with Crippen LogP contribution >= 0.6 is 11.6 Å². The van der Waals surface area contributed by atoms with Crippen molar-refractivity contribution in [2.45, 2.75) is 45.7 Å². The molecule has 0 saturated carbocycles. The number of nitrogens with zero attached hydrogens (tertiary/aromatic N) is 1. The van der Waals surface area contributed by atoms with Crippen molar-refractivity contribution in [2.75, 3.05) is 20.2 Å². The molecule has 0 spiro atoms. The lowest BCUT2D eigenvalue weighted by atomic mass is 9.94. The lowest BCUT2D eigenvalue weighted by Crippen LogP contribution is -2.41. The van der Waals surface area contributed by atoms with Crippen molar-refractivity contribution in [1.29, 1.82) is 0 Å². The molecule has 2 aromatic rings. The predicted molar refractivity (Wildman–Crippen MR) is 118 cm³/mol. The van der Waals surface area contributed by atoms with Gasteiger partial charge in [0.15, 0.2) is 0 Å². The highest BCUT2D eigenvalue weighted by Crippen LogP contribution is 2.26. The van der Waals surface area contributed by atoms with E-state index in [1.54, 1.807) is 19.2 Å². The number of halogens is 2. The Kier molecular flexibility index (Phi) is 7.73. The second kappa shape index (κ2) is 10.3. The topological polar surface area (TPSA) is 41.6 Å². The first-order chi connectivity index (χ1) is 14.4. The molecule has 1 aliphatic heterocycles. The molecule has 1 aliphatic rings. The highest BCUT2D eigenvalue weighted by molar-refractivity contribution is 6.30. The fourth-order valence-electron chi connectivity index (χ4n) is 4.07. The third-order valence-corrected chi connectivity index (χ3v) is 6.15. The number of hydrogen-bond acceptors (Lipinski definition) is 3. The number of benzene rings is 2. The summed E-state index contributed by atoms with van der Waals surface area (Å²) >= 11 is 5.83. The van der Waals surface area contributed by atoms with Crippen LogP contribution in [0.3, 0.4) is 0 Å². The Morgan fingerprint density at radius 3 is 2.60 bits per heavy atom. The predicted octanol–water partition coefficient (Wildman–Crippen LogP) is 5.28. The minimum atomic E-state index is -0.275. The van der Waals surface area contributed by atoms with E-state index < -0.39 is 0 Å². The van der Waals surface area contributed by atoms with E-state index in [4.69, 9.17) is 16.3 Å². The number of nitrogens with one attached hydrogen (secondary N) is 1. The normalized spacial score (nSPS) is 16.3. The molecule has 6 heteroatoms. The summed E-state index contributed by atoms with van der Waals surface area (Å²) in [7, 11) is 1.66. The van der Waals surface area contributed by atoms with Crippen LogP contribution in [0.2, 0.25) is 5.02 Å². The second-order valence-electron chi connectivity index (χ2n) is 7.98. The van der Waals surface area contributed by atoms with Crippen LogP contribution < -0.4 is 10.1 Å². The summed E-state index contributed by atoms with van der Waals surface area (Å²) in [5, 5.41) is 3.63. The second-order valence-corrected chi connectivity index (χ2v) is 8.42. The molecule has 0 aliphatic carbocycles. The summed E-state index contributed by atoms with van der Waals surface area (Å²) in [6.45, 7) is 6.18. The van der Waals surface area contributed by atoms with Gasteiger partial charge in [-0.25, -0.2) is 4.39 Å². The molecule has 4 nitrogen and oxygen atoms in total. The van der Waals surface area contributed by atoms with Gasteiger partial charge in [-0.3, -0.25) is 9.69 Å². The molecule has 0 unspecified atom stereocenters. The zero-order valence-electron chi connectivity index (χ0n) is 17.9. The van der Waals surface area contributed by atoms with Gasteiger partial charge in [0, 0.05) is 23.0 Å². The zero-order valence-corrected chi connectivity index (χ0v) is 18.6. The Hall–Kier alpha value is -2.11. The van der Waals surface area contributed by atoms with Gasteiger partial charge in [0.25, 0.3) is 0 Å². The van der Waals surface area contributed by atoms with Crippen molar-refractivity contribution < 1.29 is 13.9 Å². The van der Waals surface area contributed by atoms with Gasteiger partial charge in [-0.05, 0) is 68.6 Å². The maximum absolute atomic E-state index is 14.0. The number of rotatable bonds is 7. The van der Waals surface area contributed by atoms with E-state index in [1.807, 2.05) is 19.1 Å². The van der Waals surface area contributed by atoms with Crippen LogP contribution in [-0.2, 0) is 11.3 Å². The van der Waals surface area contributed by atoms with Gasteiger partial charge in [-0.1, -0.05) is 36.7 Å². The Balaban J connectivity index is 1.54. The molecular formula is C24H30ClFN2O2. The third kappa shape index (κ3) is 5.52. The van der Waals surface area contributed by atoms with E-state index in [0.29, 0.717) is 17.1 Å². The largest absolute Gasteiger partial charge is 0.496 e. The minimum absolute atomic E-state index is 0.00953. The quantitative estimate of drug-likeness (QED) is 0.647. The number of aryl methyl sites for hydroxylation is 1. The number of ether oxygens (including phenoxy) is 1. The van der Waals surface area contributed by atoms with Crippen LogP contribution in [-0.4, -0.2) is 31.0 Å². The molecular weight excluding hydrogens is 403 g/mol. The fourth-order valence-corrected chi connectivity index (χ4v) is 4.23. The molecule has 0 aromatic heterocycles. The van der Waals surface area contributed by atoms with E-state index in [1.165, 1.54) is 6.07 Å². The van der Waals surface area contributed by atoms with E-state index in [0.717, 1.165) is 49.2 Å². The Morgan fingerprint density at radius 1 is 1.27 bits per heavy atom. The van der Waals surface area contributed by atoms with Crippen molar-refractivity contribution in [3.63, 3.8) is 0 Å². The third-order valence-electron chi connectivity index (χ3n) is 5.91. The summed E-state index contributed by atoms with van der Waals surface area (Å²) in [5.41, 5.74) is 2.80. The van der Waals surface area contributed by atoms with Gasteiger partial charge < -0.3 is 10.1 Å². The van der Waals surface area contributed by atoms with Crippen LogP contribution in [0.4, 0.5) is 4.39 Å². The highest BCUT2D eigenvalue weighted by Gasteiger charge is 2.27. The highest BCUT2D eigenvalue weighted by atomic mass is 35.5. The number of piperidine rings is 1. The maximum Gasteiger partial charge on any atom is 0.223 e. The lowest BCUT2D eigenvalue weighted by Gasteiger charge is -2.32. The fraction of sp³-hybridized carbons (Fsp3) is 0.458. The number of methoxy groups -OCH3 is 1. The van der Waals surface area contributed by atoms with Crippen molar-refractivity contribution in [1.82, 2.24) is 10.2 Å². The van der Waals surface area contributed by atoms with Gasteiger partial charge in [0.05, 0.1) is 13.2 Å². The maximum atomic E-state index is 14.0. The van der Waals surface area contributed by atoms with Crippen molar-refractivity contribution in [3.05, 3.63) is 63.9 Å².